The fourth-order valence-electron chi connectivity index (χ4n) is 2.87. The summed E-state index contributed by atoms with van der Waals surface area (Å²) in [5.74, 6) is 1.000. The molecule has 2 N–H and O–H groups in total. The van der Waals surface area contributed by atoms with Gasteiger partial charge in [-0.1, -0.05) is 19.9 Å². The summed E-state index contributed by atoms with van der Waals surface area (Å²) in [7, 11) is 1.80. The number of fused-ring (bicyclic) bond motifs is 1. The van der Waals surface area contributed by atoms with Gasteiger partial charge in [-0.2, -0.15) is 0 Å². The van der Waals surface area contributed by atoms with Crippen molar-refractivity contribution < 1.29 is 4.79 Å². The lowest BCUT2D eigenvalue weighted by molar-refractivity contribution is 0.198. The van der Waals surface area contributed by atoms with Gasteiger partial charge in [-0.05, 0) is 30.5 Å². The Bertz CT molecular complexity index is 867. The molecule has 0 saturated heterocycles. The van der Waals surface area contributed by atoms with Gasteiger partial charge in [0.25, 0.3) is 0 Å². The van der Waals surface area contributed by atoms with Crippen LogP contribution in [0.25, 0.3) is 11.0 Å². The average Bonchev–Trinajstić information content (AvgIpc) is 3.25. The van der Waals surface area contributed by atoms with Gasteiger partial charge in [-0.3, -0.25) is 0 Å². The molecule has 0 saturated carbocycles. The molecule has 0 aliphatic rings. The van der Waals surface area contributed by atoms with Gasteiger partial charge in [-0.15, -0.1) is 0 Å². The Balaban J connectivity index is 1.69. The zero-order chi connectivity index (χ0) is 18.7. The van der Waals surface area contributed by atoms with Crippen molar-refractivity contribution in [2.24, 2.45) is 5.92 Å². The molecule has 0 unspecified atom stereocenters. The first kappa shape index (κ1) is 18.0. The van der Waals surface area contributed by atoms with Crippen molar-refractivity contribution in [2.45, 2.75) is 33.4 Å². The predicted octanol–water partition coefficient (Wildman–Crippen LogP) is 3.11. The molecule has 0 radical (unpaired) electrons. The smallest absolute Gasteiger partial charge is 0.317 e. The van der Waals surface area contributed by atoms with E-state index in [0.29, 0.717) is 13.1 Å². The Kier molecular flexibility index (Phi) is 5.25. The number of amides is 2. The summed E-state index contributed by atoms with van der Waals surface area (Å²) in [6, 6.07) is 5.83. The van der Waals surface area contributed by atoms with Crippen LogP contribution in [-0.2, 0) is 6.54 Å². The van der Waals surface area contributed by atoms with Crippen LogP contribution in [0, 0.1) is 12.8 Å². The highest BCUT2D eigenvalue weighted by atomic mass is 16.2. The molecular formula is C19H26N6O. The lowest BCUT2D eigenvalue weighted by Gasteiger charge is -2.25. The highest BCUT2D eigenvalue weighted by molar-refractivity contribution is 5.77. The molecule has 7 heteroatoms. The van der Waals surface area contributed by atoms with Crippen LogP contribution in [0.1, 0.15) is 31.3 Å². The fourth-order valence-corrected chi connectivity index (χ4v) is 2.87. The van der Waals surface area contributed by atoms with Crippen LogP contribution in [-0.4, -0.2) is 44.0 Å². The van der Waals surface area contributed by atoms with E-state index >= 15 is 0 Å². The van der Waals surface area contributed by atoms with Crippen molar-refractivity contribution in [1.82, 2.24) is 29.7 Å². The van der Waals surface area contributed by atoms with E-state index in [1.54, 1.807) is 24.5 Å². The minimum atomic E-state index is -0.175. The number of carbonyl (C=O) groups is 1. The number of carbonyl (C=O) groups excluding carboxylic acids is 1. The van der Waals surface area contributed by atoms with E-state index in [4.69, 9.17) is 0 Å². The number of aromatic nitrogens is 4. The van der Waals surface area contributed by atoms with E-state index in [-0.39, 0.29) is 18.0 Å². The molecule has 2 heterocycles. The van der Waals surface area contributed by atoms with Crippen LogP contribution in [0.4, 0.5) is 4.79 Å². The molecule has 7 nitrogen and oxygen atoms in total. The highest BCUT2D eigenvalue weighted by Gasteiger charge is 2.23. The number of aromatic amines is 1. The Morgan fingerprint density at radius 3 is 2.88 bits per heavy atom. The first-order valence-corrected chi connectivity index (χ1v) is 8.87. The van der Waals surface area contributed by atoms with Crippen LogP contribution in [0.15, 0.2) is 36.9 Å². The number of nitrogens with zero attached hydrogens (tertiary/aromatic N) is 4. The molecule has 0 aliphatic heterocycles. The third-order valence-electron chi connectivity index (χ3n) is 4.50. The van der Waals surface area contributed by atoms with Crippen molar-refractivity contribution in [1.29, 1.82) is 0 Å². The van der Waals surface area contributed by atoms with Gasteiger partial charge in [-0.25, -0.2) is 14.8 Å². The zero-order valence-corrected chi connectivity index (χ0v) is 15.7. The number of hydrogen-bond donors (Lipinski definition) is 2. The summed E-state index contributed by atoms with van der Waals surface area (Å²) in [6.45, 7) is 7.52. The molecule has 2 amide bonds. The summed E-state index contributed by atoms with van der Waals surface area (Å²) in [5, 5.41) is 3.11. The molecule has 26 heavy (non-hydrogen) atoms. The predicted molar refractivity (Wildman–Crippen MR) is 102 cm³/mol. The lowest BCUT2D eigenvalue weighted by Crippen LogP contribution is -2.42. The van der Waals surface area contributed by atoms with Crippen molar-refractivity contribution in [3.8, 4) is 0 Å². The number of benzene rings is 1. The van der Waals surface area contributed by atoms with Crippen LogP contribution < -0.4 is 5.32 Å². The number of urea groups is 1. The third kappa shape index (κ3) is 4.04. The Morgan fingerprint density at radius 1 is 1.38 bits per heavy atom. The molecule has 0 spiro atoms. The number of aryl methyl sites for hydroxylation is 1. The van der Waals surface area contributed by atoms with Gasteiger partial charge in [0.05, 0.1) is 23.4 Å². The van der Waals surface area contributed by atoms with Crippen molar-refractivity contribution >= 4 is 17.1 Å². The summed E-state index contributed by atoms with van der Waals surface area (Å²) in [6.07, 6.45) is 5.37. The normalized spacial score (nSPS) is 12.5. The number of imidazole rings is 2. The van der Waals surface area contributed by atoms with Crippen LogP contribution in [0.2, 0.25) is 0 Å². The number of rotatable bonds is 6. The van der Waals surface area contributed by atoms with E-state index in [1.165, 1.54) is 5.56 Å². The summed E-state index contributed by atoms with van der Waals surface area (Å²) in [5.41, 5.74) is 3.09. The SMILES string of the molecule is Cc1ccc2nc([C@@H](NC(=O)N(C)CCn3ccnc3)C(C)C)[nH]c2c1. The summed E-state index contributed by atoms with van der Waals surface area (Å²) < 4.78 is 1.95. The quantitative estimate of drug-likeness (QED) is 0.714. The van der Waals surface area contributed by atoms with Gasteiger partial charge in [0.1, 0.15) is 5.82 Å². The van der Waals surface area contributed by atoms with Gasteiger partial charge in [0.15, 0.2) is 0 Å². The molecule has 3 rings (SSSR count). The zero-order valence-electron chi connectivity index (χ0n) is 15.7. The second-order valence-electron chi connectivity index (χ2n) is 7.04. The standard InChI is InChI=1S/C19H26N6O/c1-13(2)17(18-21-15-6-5-14(3)11-16(15)22-18)23-19(26)24(4)9-10-25-8-7-20-12-25/h5-8,11-13,17H,9-10H2,1-4H3,(H,21,22)(H,23,26)/t17-/m0/s1. The average molecular weight is 354 g/mol. The van der Waals surface area contributed by atoms with Crippen molar-refractivity contribution in [2.75, 3.05) is 13.6 Å². The van der Waals surface area contributed by atoms with E-state index in [1.807, 2.05) is 22.9 Å². The lowest BCUT2D eigenvalue weighted by atomic mass is 10.0. The molecule has 138 valence electrons. The Labute approximate surface area is 153 Å². The second-order valence-corrected chi connectivity index (χ2v) is 7.04. The van der Waals surface area contributed by atoms with E-state index in [2.05, 4.69) is 47.1 Å². The van der Waals surface area contributed by atoms with Gasteiger partial charge in [0, 0.05) is 32.5 Å². The largest absolute Gasteiger partial charge is 0.340 e. The number of H-pyrrole nitrogens is 1. The van der Waals surface area contributed by atoms with E-state index in [9.17, 15) is 4.79 Å². The highest BCUT2D eigenvalue weighted by Crippen LogP contribution is 2.23. The third-order valence-corrected chi connectivity index (χ3v) is 4.50. The summed E-state index contributed by atoms with van der Waals surface area (Å²) >= 11 is 0. The van der Waals surface area contributed by atoms with Gasteiger partial charge >= 0.3 is 6.03 Å². The molecule has 3 aromatic rings. The Morgan fingerprint density at radius 2 is 2.19 bits per heavy atom. The minimum Gasteiger partial charge on any atom is -0.340 e. The maximum atomic E-state index is 12.6. The molecule has 1 atom stereocenters. The van der Waals surface area contributed by atoms with E-state index in [0.717, 1.165) is 16.9 Å². The van der Waals surface area contributed by atoms with Crippen LogP contribution >= 0.6 is 0 Å². The molecular weight excluding hydrogens is 328 g/mol. The molecule has 0 aliphatic carbocycles. The molecule has 0 fully saturated rings. The second kappa shape index (κ2) is 7.59. The molecule has 0 bridgehead atoms. The number of likely N-dealkylation sites (N-methyl/N-ethyl adjacent to an activating group) is 1. The van der Waals surface area contributed by atoms with Gasteiger partial charge in [0.2, 0.25) is 0 Å². The Hall–Kier alpha value is -2.83. The van der Waals surface area contributed by atoms with Gasteiger partial charge < -0.3 is 19.8 Å². The maximum absolute atomic E-state index is 12.6. The minimum absolute atomic E-state index is 0.111. The van der Waals surface area contributed by atoms with Crippen LogP contribution in [0.5, 0.6) is 0 Å². The molecule has 2 aromatic heterocycles. The monoisotopic (exact) mass is 354 g/mol. The molecule has 1 aromatic carbocycles. The van der Waals surface area contributed by atoms with Crippen LogP contribution in [0.3, 0.4) is 0 Å². The number of hydrogen-bond acceptors (Lipinski definition) is 3. The van der Waals surface area contributed by atoms with Crippen molar-refractivity contribution in [3.63, 3.8) is 0 Å². The first-order valence-electron chi connectivity index (χ1n) is 8.87. The van der Waals surface area contributed by atoms with E-state index < -0.39 is 0 Å². The fraction of sp³-hybridized carbons (Fsp3) is 0.421. The summed E-state index contributed by atoms with van der Waals surface area (Å²) in [4.78, 5) is 26.3. The number of nitrogens with one attached hydrogen (secondary N) is 2. The topological polar surface area (TPSA) is 78.8 Å². The first-order chi connectivity index (χ1) is 12.4. The maximum Gasteiger partial charge on any atom is 0.317 e. The van der Waals surface area contributed by atoms with Crippen molar-refractivity contribution in [3.05, 3.63) is 48.3 Å².